The molecule has 8 aromatic carbocycles. The molecule has 0 aliphatic rings. The monoisotopic (exact) mass is 1120 g/mol. The Bertz CT molecular complexity index is 3720. The number of phenolic OH excluding ortho intramolecular Hbond substituents is 1. The fraction of sp³-hybridized carbons (Fsp3) is 0.194. The summed E-state index contributed by atoms with van der Waals surface area (Å²) in [6, 6.07) is 63.2. The van der Waals surface area contributed by atoms with Crippen molar-refractivity contribution in [2.45, 2.75) is 85.9 Å². The van der Waals surface area contributed by atoms with Crippen molar-refractivity contribution < 1.29 is 31.7 Å². The summed E-state index contributed by atoms with van der Waals surface area (Å²) in [6.45, 7) is 13.8. The molecule has 0 unspecified atom stereocenters. The molecule has 0 aliphatic heterocycles. The Morgan fingerprint density at radius 2 is 1.14 bits per heavy atom. The van der Waals surface area contributed by atoms with E-state index in [1.807, 2.05) is 103 Å². The normalized spacial score (nSPS) is 12.7. The maximum absolute atomic E-state index is 12.4. The van der Waals surface area contributed by atoms with Crippen LogP contribution in [-0.2, 0) is 21.1 Å². The summed E-state index contributed by atoms with van der Waals surface area (Å²) in [6.07, 6.45) is 1.85. The second-order valence-corrected chi connectivity index (χ2v) is 19.9. The van der Waals surface area contributed by atoms with Crippen molar-refractivity contribution in [3.63, 3.8) is 0 Å². The van der Waals surface area contributed by atoms with Gasteiger partial charge in [0.2, 0.25) is 0 Å². The number of hydrogen-bond acceptors (Lipinski definition) is 3. The Morgan fingerprint density at radius 3 is 1.79 bits per heavy atom. The average Bonchev–Trinajstić information content (AvgIpc) is 3.84. The summed E-state index contributed by atoms with van der Waals surface area (Å²) in [7, 11) is 0. The van der Waals surface area contributed by atoms with Gasteiger partial charge < -0.3 is 5.11 Å². The maximum Gasteiger partial charge on any atom is 0.148 e. The summed E-state index contributed by atoms with van der Waals surface area (Å²) in [5.41, 5.74) is 17.1. The number of aromatic hydroxyl groups is 1. The molecule has 362 valence electrons. The molecule has 72 heavy (non-hydrogen) atoms. The fourth-order valence-electron chi connectivity index (χ4n) is 9.94. The number of rotatable bonds is 12. The van der Waals surface area contributed by atoms with Crippen LogP contribution in [0.5, 0.6) is 5.75 Å². The van der Waals surface area contributed by atoms with Crippen LogP contribution in [0.25, 0.3) is 95.0 Å². The minimum absolute atomic E-state index is 0. The fourth-order valence-corrected chi connectivity index (χ4v) is 9.94. The number of aromatic nitrogens is 3. The van der Waals surface area contributed by atoms with Gasteiger partial charge in [-0.05, 0) is 128 Å². The minimum Gasteiger partial charge on any atom is -0.507 e. The van der Waals surface area contributed by atoms with Crippen molar-refractivity contribution in [2.75, 3.05) is 0 Å². The minimum atomic E-state index is -2.58. The number of para-hydroxylation sites is 1. The van der Waals surface area contributed by atoms with Crippen LogP contribution in [0.1, 0.15) is 112 Å². The Balaban J connectivity index is 0.00000706. The van der Waals surface area contributed by atoms with Crippen LogP contribution in [0.15, 0.2) is 182 Å². The van der Waals surface area contributed by atoms with Crippen LogP contribution in [0.2, 0.25) is 0 Å². The third-order valence-electron chi connectivity index (χ3n) is 13.8. The van der Waals surface area contributed by atoms with Crippen LogP contribution in [0, 0.1) is 12.9 Å². The van der Waals surface area contributed by atoms with Gasteiger partial charge >= 0.3 is 0 Å². The third-order valence-corrected chi connectivity index (χ3v) is 13.8. The standard InChI is InChI=1S/C67H62N3O.Pt/c1-41(2)52-38-59(44(7)8)66(71)60(39-52)67-69-65-58(24-17-25-63(65)70(67)62-31-30-51(34-45(62)9)64-56(42(3)4)22-16-23-57(64)43(5)6)54-35-53(47-20-14-11-15-21-47)36-55(37-54)61-40-50(32-33-68-61)49-28-26-48(27-29-49)46-18-12-10-13-19-46;/h10-36,38-44,71H,1-9H3;/q-1;/i9D3,42D;. The first kappa shape index (κ1) is 44.8. The Labute approximate surface area is 446 Å². The van der Waals surface area contributed by atoms with E-state index in [9.17, 15) is 10.6 Å². The smallest absolute Gasteiger partial charge is 0.148 e. The van der Waals surface area contributed by atoms with Crippen LogP contribution >= 0.6 is 0 Å². The first-order valence-electron chi connectivity index (χ1n) is 26.8. The summed E-state index contributed by atoms with van der Waals surface area (Å²) in [5.74, 6) is -0.216. The van der Waals surface area contributed by atoms with Gasteiger partial charge in [-0.3, -0.25) is 9.55 Å². The Hall–Kier alpha value is -7.13. The molecule has 10 aromatic rings. The second kappa shape index (κ2) is 20.9. The largest absolute Gasteiger partial charge is 0.507 e. The molecule has 10 rings (SSSR count). The molecule has 5 heteroatoms. The van der Waals surface area contributed by atoms with Crippen molar-refractivity contribution >= 4 is 11.0 Å². The molecule has 0 radical (unpaired) electrons. The molecule has 0 spiro atoms. The van der Waals surface area contributed by atoms with Crippen LogP contribution in [-0.4, -0.2) is 19.6 Å². The summed E-state index contributed by atoms with van der Waals surface area (Å²) >= 11 is 0. The number of fused-ring (bicyclic) bond motifs is 1. The molecule has 0 aliphatic carbocycles. The molecule has 0 saturated carbocycles. The number of imidazole rings is 1. The van der Waals surface area contributed by atoms with Gasteiger partial charge in [0.1, 0.15) is 11.6 Å². The molecule has 0 bridgehead atoms. The van der Waals surface area contributed by atoms with E-state index in [-0.39, 0.29) is 50.1 Å². The number of hydrogen-bond donors (Lipinski definition) is 1. The quantitative estimate of drug-likeness (QED) is 0.124. The van der Waals surface area contributed by atoms with E-state index >= 15 is 0 Å². The van der Waals surface area contributed by atoms with Crippen LogP contribution < -0.4 is 0 Å². The van der Waals surface area contributed by atoms with Crippen molar-refractivity contribution in [3.8, 4) is 89.7 Å². The van der Waals surface area contributed by atoms with Gasteiger partial charge in [-0.15, -0.1) is 23.8 Å². The van der Waals surface area contributed by atoms with Gasteiger partial charge in [0.05, 0.1) is 22.3 Å². The van der Waals surface area contributed by atoms with Crippen molar-refractivity contribution in [2.24, 2.45) is 0 Å². The van der Waals surface area contributed by atoms with E-state index < -0.39 is 12.7 Å². The van der Waals surface area contributed by atoms with Crippen molar-refractivity contribution in [3.05, 3.63) is 216 Å². The summed E-state index contributed by atoms with van der Waals surface area (Å²) < 4.78 is 38.7. The summed E-state index contributed by atoms with van der Waals surface area (Å²) in [4.78, 5) is 10.5. The Morgan fingerprint density at radius 1 is 0.528 bits per heavy atom. The molecule has 0 amide bonds. The van der Waals surface area contributed by atoms with E-state index in [1.54, 1.807) is 6.07 Å². The molecule has 0 saturated heterocycles. The summed E-state index contributed by atoms with van der Waals surface area (Å²) in [5, 5.41) is 12.4. The van der Waals surface area contributed by atoms with E-state index in [0.29, 0.717) is 28.1 Å². The number of benzene rings is 8. The van der Waals surface area contributed by atoms with E-state index in [0.717, 1.165) is 89.1 Å². The van der Waals surface area contributed by atoms with E-state index in [2.05, 4.69) is 139 Å². The zero-order valence-electron chi connectivity index (χ0n) is 46.2. The van der Waals surface area contributed by atoms with Gasteiger partial charge in [-0.25, -0.2) is 4.98 Å². The molecule has 0 atom stereocenters. The van der Waals surface area contributed by atoms with Crippen molar-refractivity contribution in [1.29, 1.82) is 0 Å². The van der Waals surface area contributed by atoms with Gasteiger partial charge in [-0.1, -0.05) is 206 Å². The first-order valence-corrected chi connectivity index (χ1v) is 24.8. The number of phenols is 1. The molecule has 2 heterocycles. The zero-order valence-corrected chi connectivity index (χ0v) is 44.4. The SMILES string of the molecule is [2H]C([2H])([2H])c1cc(-c2c(C(C)C)cccc2C([2H])(C)C)ccc1-n1c(-c2cc(C(C)C)cc(C(C)C)c2O)nc2c(-c3[c-]c(-c4cc(-c5ccc(-c6ccccc6)cc5)ccn4)cc(-c4ccccc4)c3)cccc21.[Pt]. The van der Waals surface area contributed by atoms with Gasteiger partial charge in [0.25, 0.3) is 0 Å². The van der Waals surface area contributed by atoms with Crippen LogP contribution in [0.4, 0.5) is 0 Å². The van der Waals surface area contributed by atoms with E-state index in [1.165, 1.54) is 0 Å². The molecule has 4 nitrogen and oxygen atoms in total. The van der Waals surface area contributed by atoms with Crippen LogP contribution in [0.3, 0.4) is 0 Å². The second-order valence-electron chi connectivity index (χ2n) is 19.9. The number of aryl methyl sites for hydroxylation is 1. The number of pyridine rings is 1. The van der Waals surface area contributed by atoms with E-state index in [4.69, 9.17) is 9.97 Å². The maximum atomic E-state index is 12.4. The molecular formula is C67H62N3OPt-. The van der Waals surface area contributed by atoms with Gasteiger partial charge in [0.15, 0.2) is 0 Å². The predicted molar refractivity (Wildman–Crippen MR) is 299 cm³/mol. The molecular weight excluding hydrogens is 1060 g/mol. The zero-order chi connectivity index (χ0) is 52.9. The topological polar surface area (TPSA) is 50.9 Å². The number of nitrogens with zero attached hydrogens (tertiary/aromatic N) is 3. The van der Waals surface area contributed by atoms with Gasteiger partial charge in [0, 0.05) is 38.4 Å². The molecule has 1 N–H and O–H groups in total. The third kappa shape index (κ3) is 9.66. The molecule has 2 aromatic heterocycles. The van der Waals surface area contributed by atoms with Gasteiger partial charge in [-0.2, -0.15) is 0 Å². The predicted octanol–water partition coefficient (Wildman–Crippen LogP) is 18.4. The first-order chi connectivity index (χ1) is 35.8. The average molecular weight is 1120 g/mol. The Kier molecular flexibility index (Phi) is 13.0. The molecule has 0 fully saturated rings. The van der Waals surface area contributed by atoms with Crippen molar-refractivity contribution in [1.82, 2.24) is 14.5 Å².